The summed E-state index contributed by atoms with van der Waals surface area (Å²) in [6, 6.07) is 9.24. The summed E-state index contributed by atoms with van der Waals surface area (Å²) in [6.07, 6.45) is 4.39. The SMILES string of the molecule is C[C@H]1CCCC[C@@H]1NC(=O)CNc1cc(NC(=O)c2ccc3c(c2)OCO3)ccc1F. The first-order chi connectivity index (χ1) is 15.0. The zero-order chi connectivity index (χ0) is 21.8. The molecule has 1 fully saturated rings. The third-order valence-corrected chi connectivity index (χ3v) is 5.76. The molecule has 4 rings (SSSR count). The number of carbonyl (C=O) groups is 2. The molecule has 0 bridgehead atoms. The van der Waals surface area contributed by atoms with Gasteiger partial charge in [-0.05, 0) is 55.2 Å². The minimum Gasteiger partial charge on any atom is -0.454 e. The third kappa shape index (κ3) is 5.07. The fraction of sp³-hybridized carbons (Fsp3) is 0.391. The van der Waals surface area contributed by atoms with E-state index in [0.717, 1.165) is 19.3 Å². The van der Waals surface area contributed by atoms with E-state index in [1.165, 1.54) is 24.6 Å². The second-order valence-electron chi connectivity index (χ2n) is 8.01. The number of amides is 2. The highest BCUT2D eigenvalue weighted by atomic mass is 19.1. The van der Waals surface area contributed by atoms with E-state index in [-0.39, 0.29) is 36.9 Å². The van der Waals surface area contributed by atoms with Crippen molar-refractivity contribution in [2.45, 2.75) is 38.6 Å². The van der Waals surface area contributed by atoms with Gasteiger partial charge in [0.25, 0.3) is 5.91 Å². The van der Waals surface area contributed by atoms with Gasteiger partial charge in [0.2, 0.25) is 12.7 Å². The van der Waals surface area contributed by atoms with Gasteiger partial charge in [0.15, 0.2) is 11.5 Å². The van der Waals surface area contributed by atoms with Gasteiger partial charge in [-0.25, -0.2) is 4.39 Å². The van der Waals surface area contributed by atoms with E-state index in [2.05, 4.69) is 22.9 Å². The summed E-state index contributed by atoms with van der Waals surface area (Å²) in [4.78, 5) is 24.8. The summed E-state index contributed by atoms with van der Waals surface area (Å²) < 4.78 is 24.7. The van der Waals surface area contributed by atoms with Crippen LogP contribution in [-0.4, -0.2) is 31.2 Å². The summed E-state index contributed by atoms with van der Waals surface area (Å²) in [6.45, 7) is 2.23. The summed E-state index contributed by atoms with van der Waals surface area (Å²) >= 11 is 0. The van der Waals surface area contributed by atoms with Crippen molar-refractivity contribution in [1.29, 1.82) is 0 Å². The van der Waals surface area contributed by atoms with Gasteiger partial charge in [0.1, 0.15) is 5.82 Å². The number of ether oxygens (including phenoxy) is 2. The molecule has 0 radical (unpaired) electrons. The lowest BCUT2D eigenvalue weighted by Gasteiger charge is -2.29. The Morgan fingerprint density at radius 2 is 1.87 bits per heavy atom. The number of rotatable bonds is 6. The van der Waals surface area contributed by atoms with Gasteiger partial charge in [-0.15, -0.1) is 0 Å². The quantitative estimate of drug-likeness (QED) is 0.651. The highest BCUT2D eigenvalue weighted by molar-refractivity contribution is 6.05. The fourth-order valence-corrected chi connectivity index (χ4v) is 3.94. The molecule has 2 amide bonds. The molecule has 1 heterocycles. The van der Waals surface area contributed by atoms with E-state index in [1.54, 1.807) is 18.2 Å². The van der Waals surface area contributed by atoms with E-state index in [9.17, 15) is 14.0 Å². The van der Waals surface area contributed by atoms with Crippen LogP contribution in [0.4, 0.5) is 15.8 Å². The van der Waals surface area contributed by atoms with Crippen LogP contribution >= 0.6 is 0 Å². The molecule has 3 N–H and O–H groups in total. The molecule has 0 spiro atoms. The fourth-order valence-electron chi connectivity index (χ4n) is 3.94. The summed E-state index contributed by atoms with van der Waals surface area (Å²) in [5.74, 6) is 0.509. The molecule has 0 saturated heterocycles. The highest BCUT2D eigenvalue weighted by Crippen LogP contribution is 2.32. The molecule has 2 atom stereocenters. The van der Waals surface area contributed by atoms with Crippen molar-refractivity contribution in [2.24, 2.45) is 5.92 Å². The molecule has 8 heteroatoms. The summed E-state index contributed by atoms with van der Waals surface area (Å²) in [5.41, 5.74) is 0.951. The predicted molar refractivity (Wildman–Crippen MR) is 115 cm³/mol. The molecular weight excluding hydrogens is 401 g/mol. The average Bonchev–Trinajstić information content (AvgIpc) is 3.23. The predicted octanol–water partition coefficient (Wildman–Crippen LogP) is 3.91. The molecular formula is C23H26FN3O4. The molecule has 1 saturated carbocycles. The van der Waals surface area contributed by atoms with Crippen molar-refractivity contribution in [2.75, 3.05) is 24.0 Å². The Hall–Kier alpha value is -3.29. The number of fused-ring (bicyclic) bond motifs is 1. The van der Waals surface area contributed by atoms with E-state index in [1.807, 2.05) is 0 Å². The molecule has 0 unspecified atom stereocenters. The van der Waals surface area contributed by atoms with Crippen molar-refractivity contribution in [3.8, 4) is 11.5 Å². The van der Waals surface area contributed by atoms with E-state index >= 15 is 0 Å². The topological polar surface area (TPSA) is 88.7 Å². The smallest absolute Gasteiger partial charge is 0.255 e. The molecule has 31 heavy (non-hydrogen) atoms. The molecule has 2 aliphatic rings. The van der Waals surface area contributed by atoms with Gasteiger partial charge in [-0.3, -0.25) is 9.59 Å². The average molecular weight is 427 g/mol. The van der Waals surface area contributed by atoms with Gasteiger partial charge in [-0.1, -0.05) is 19.8 Å². The van der Waals surface area contributed by atoms with Crippen molar-refractivity contribution < 1.29 is 23.5 Å². The first-order valence-electron chi connectivity index (χ1n) is 10.5. The van der Waals surface area contributed by atoms with Gasteiger partial charge in [-0.2, -0.15) is 0 Å². The number of hydrogen-bond acceptors (Lipinski definition) is 5. The maximum absolute atomic E-state index is 14.2. The van der Waals surface area contributed by atoms with Crippen LogP contribution < -0.4 is 25.4 Å². The number of benzene rings is 2. The second-order valence-corrected chi connectivity index (χ2v) is 8.01. The maximum Gasteiger partial charge on any atom is 0.255 e. The molecule has 164 valence electrons. The molecule has 1 aliphatic heterocycles. The van der Waals surface area contributed by atoms with Crippen molar-refractivity contribution in [3.63, 3.8) is 0 Å². The minimum atomic E-state index is -0.500. The Morgan fingerprint density at radius 3 is 2.71 bits per heavy atom. The lowest BCUT2D eigenvalue weighted by molar-refractivity contribution is -0.120. The first-order valence-corrected chi connectivity index (χ1v) is 10.5. The Kier molecular flexibility index (Phi) is 6.25. The van der Waals surface area contributed by atoms with Crippen LogP contribution in [0.1, 0.15) is 43.0 Å². The zero-order valence-electron chi connectivity index (χ0n) is 17.4. The van der Waals surface area contributed by atoms with Crippen LogP contribution in [-0.2, 0) is 4.79 Å². The monoisotopic (exact) mass is 427 g/mol. The van der Waals surface area contributed by atoms with Crippen LogP contribution in [0.15, 0.2) is 36.4 Å². The number of anilines is 2. The van der Waals surface area contributed by atoms with Gasteiger partial charge < -0.3 is 25.4 Å². The molecule has 2 aromatic rings. The third-order valence-electron chi connectivity index (χ3n) is 5.76. The van der Waals surface area contributed by atoms with Gasteiger partial charge in [0.05, 0.1) is 12.2 Å². The number of hydrogen-bond donors (Lipinski definition) is 3. The maximum atomic E-state index is 14.2. The van der Waals surface area contributed by atoms with Crippen LogP contribution in [0.3, 0.4) is 0 Å². The number of carbonyl (C=O) groups excluding carboxylic acids is 2. The molecule has 0 aromatic heterocycles. The Bertz CT molecular complexity index is 981. The van der Waals surface area contributed by atoms with Gasteiger partial charge >= 0.3 is 0 Å². The normalized spacial score (nSPS) is 19.5. The Labute approximate surface area is 180 Å². The summed E-state index contributed by atoms with van der Waals surface area (Å²) in [7, 11) is 0. The number of nitrogens with one attached hydrogen (secondary N) is 3. The van der Waals surface area contributed by atoms with Crippen molar-refractivity contribution in [1.82, 2.24) is 5.32 Å². The minimum absolute atomic E-state index is 0.0420. The Balaban J connectivity index is 1.35. The molecule has 2 aromatic carbocycles. The van der Waals surface area contributed by atoms with E-state index < -0.39 is 5.82 Å². The lowest BCUT2D eigenvalue weighted by Crippen LogP contribution is -2.43. The molecule has 7 nitrogen and oxygen atoms in total. The van der Waals surface area contributed by atoms with Crippen LogP contribution in [0.2, 0.25) is 0 Å². The standard InChI is InChI=1S/C23H26FN3O4/c1-14-4-2-3-5-18(14)27-22(28)12-25-19-11-16(7-8-17(19)24)26-23(29)15-6-9-20-21(10-15)31-13-30-20/h6-11,14,18,25H,2-5,12-13H2,1H3,(H,26,29)(H,27,28)/t14-,18-/m0/s1. The van der Waals surface area contributed by atoms with Crippen LogP contribution in [0, 0.1) is 11.7 Å². The van der Waals surface area contributed by atoms with E-state index in [0.29, 0.717) is 28.7 Å². The Morgan fingerprint density at radius 1 is 1.06 bits per heavy atom. The zero-order valence-corrected chi connectivity index (χ0v) is 17.4. The van der Waals surface area contributed by atoms with Crippen LogP contribution in [0.25, 0.3) is 0 Å². The first kappa shape index (κ1) is 21.0. The van der Waals surface area contributed by atoms with Gasteiger partial charge in [0, 0.05) is 17.3 Å². The highest BCUT2D eigenvalue weighted by Gasteiger charge is 2.22. The van der Waals surface area contributed by atoms with Crippen LogP contribution in [0.5, 0.6) is 11.5 Å². The molecule has 1 aliphatic carbocycles. The summed E-state index contributed by atoms with van der Waals surface area (Å²) in [5, 5.41) is 8.59. The largest absolute Gasteiger partial charge is 0.454 e. The van der Waals surface area contributed by atoms with E-state index in [4.69, 9.17) is 9.47 Å². The second kappa shape index (κ2) is 9.24. The number of halogens is 1. The van der Waals surface area contributed by atoms with Crippen molar-refractivity contribution in [3.05, 3.63) is 47.8 Å². The van der Waals surface area contributed by atoms with Crippen molar-refractivity contribution >= 4 is 23.2 Å². The lowest BCUT2D eigenvalue weighted by atomic mass is 9.86.